The van der Waals surface area contributed by atoms with Crippen molar-refractivity contribution in [1.29, 1.82) is 0 Å². The van der Waals surface area contributed by atoms with Crippen LogP contribution in [-0.2, 0) is 35.7 Å². The maximum absolute atomic E-state index is 13.1. The van der Waals surface area contributed by atoms with E-state index in [-0.39, 0.29) is 17.6 Å². The van der Waals surface area contributed by atoms with Crippen molar-refractivity contribution in [2.45, 2.75) is 70.9 Å². The zero-order valence-electron chi connectivity index (χ0n) is 19.2. The molecule has 0 aliphatic rings. The van der Waals surface area contributed by atoms with Crippen molar-refractivity contribution < 1.29 is 27.5 Å². The Balaban J connectivity index is 2.17. The lowest BCUT2D eigenvalue weighted by molar-refractivity contribution is -0.141. The molecule has 0 saturated carbocycles. The van der Waals surface area contributed by atoms with E-state index in [0.29, 0.717) is 5.56 Å². The van der Waals surface area contributed by atoms with E-state index >= 15 is 0 Å². The van der Waals surface area contributed by atoms with E-state index < -0.39 is 41.1 Å². The van der Waals surface area contributed by atoms with E-state index in [4.69, 9.17) is 4.74 Å². The molecule has 9 nitrogen and oxygen atoms in total. The summed E-state index contributed by atoms with van der Waals surface area (Å²) in [6.07, 6.45) is -1.94. The summed E-state index contributed by atoms with van der Waals surface area (Å²) in [5.74, 6) is -0.533. The van der Waals surface area contributed by atoms with Crippen LogP contribution in [0.3, 0.4) is 0 Å². The second kappa shape index (κ2) is 9.74. The predicted octanol–water partition coefficient (Wildman–Crippen LogP) is 3.43. The van der Waals surface area contributed by atoms with Gasteiger partial charge in [-0.2, -0.15) is 23.4 Å². The topological polar surface area (TPSA) is 103 Å². The van der Waals surface area contributed by atoms with Crippen molar-refractivity contribution in [3.05, 3.63) is 34.3 Å². The van der Waals surface area contributed by atoms with Gasteiger partial charge < -0.3 is 15.4 Å². The van der Waals surface area contributed by atoms with Crippen LogP contribution in [0.4, 0.5) is 18.0 Å². The first-order chi connectivity index (χ1) is 14.9. The molecule has 2 amide bonds. The van der Waals surface area contributed by atoms with Crippen molar-refractivity contribution in [2.24, 2.45) is 7.05 Å². The molecule has 33 heavy (non-hydrogen) atoms. The second-order valence-electron chi connectivity index (χ2n) is 9.31. The highest BCUT2D eigenvalue weighted by Crippen LogP contribution is 2.30. The van der Waals surface area contributed by atoms with Gasteiger partial charge in [0.2, 0.25) is 5.91 Å². The van der Waals surface area contributed by atoms with Crippen molar-refractivity contribution in [1.82, 2.24) is 30.2 Å². The lowest BCUT2D eigenvalue weighted by Crippen LogP contribution is -2.55. The summed E-state index contributed by atoms with van der Waals surface area (Å²) in [7, 11) is 1.72. The number of carbonyl (C=O) groups is 2. The third-order valence-electron chi connectivity index (χ3n) is 4.23. The summed E-state index contributed by atoms with van der Waals surface area (Å²) in [5, 5.41) is 13.0. The normalized spacial score (nSPS) is 13.5. The van der Waals surface area contributed by atoms with Crippen molar-refractivity contribution in [2.75, 3.05) is 0 Å². The first kappa shape index (κ1) is 26.7. The van der Waals surface area contributed by atoms with Crippen LogP contribution in [0, 0.1) is 0 Å². The fraction of sp³-hybridized carbons (Fsp3) is 0.600. The van der Waals surface area contributed by atoms with Gasteiger partial charge in [-0.3, -0.25) is 14.2 Å². The number of rotatable bonds is 7. The quantitative estimate of drug-likeness (QED) is 0.564. The lowest BCUT2D eigenvalue weighted by Gasteiger charge is -2.30. The SMILES string of the molecule is Cn1cc(C[C@@H](NC(=O)OC(C)(C)C)C(=O)NC(C)(C)Cn2nc(C(F)(F)F)cc2Br)cn1. The third kappa shape index (κ3) is 8.37. The molecule has 0 fully saturated rings. The molecule has 0 radical (unpaired) electrons. The van der Waals surface area contributed by atoms with Crippen molar-refractivity contribution in [3.8, 4) is 0 Å². The van der Waals surface area contributed by atoms with Gasteiger partial charge in [0.15, 0.2) is 5.69 Å². The minimum absolute atomic E-state index is 0.0541. The lowest BCUT2D eigenvalue weighted by atomic mass is 10.0. The molecule has 0 aliphatic heterocycles. The van der Waals surface area contributed by atoms with Crippen LogP contribution >= 0.6 is 15.9 Å². The number of ether oxygens (including phenoxy) is 1. The molecule has 2 heterocycles. The average molecular weight is 537 g/mol. The molecular formula is C20H28BrF3N6O3. The maximum Gasteiger partial charge on any atom is 0.435 e. The van der Waals surface area contributed by atoms with Crippen LogP contribution in [0.25, 0.3) is 0 Å². The van der Waals surface area contributed by atoms with Gasteiger partial charge >= 0.3 is 12.3 Å². The van der Waals surface area contributed by atoms with Gasteiger partial charge in [0.05, 0.1) is 18.3 Å². The van der Waals surface area contributed by atoms with E-state index in [1.165, 1.54) is 0 Å². The summed E-state index contributed by atoms with van der Waals surface area (Å²) in [4.78, 5) is 25.4. The molecule has 2 N–H and O–H groups in total. The van der Waals surface area contributed by atoms with Gasteiger partial charge in [0.1, 0.15) is 16.2 Å². The van der Waals surface area contributed by atoms with Gasteiger partial charge in [-0.15, -0.1) is 0 Å². The van der Waals surface area contributed by atoms with Crippen molar-refractivity contribution >= 4 is 27.9 Å². The summed E-state index contributed by atoms with van der Waals surface area (Å²) in [6, 6.07) is -0.136. The van der Waals surface area contributed by atoms with E-state index in [9.17, 15) is 22.8 Å². The van der Waals surface area contributed by atoms with Gasteiger partial charge in [0, 0.05) is 25.7 Å². The molecular weight excluding hydrogens is 509 g/mol. The smallest absolute Gasteiger partial charge is 0.435 e. The number of amides is 2. The minimum Gasteiger partial charge on any atom is -0.444 e. The minimum atomic E-state index is -4.59. The van der Waals surface area contributed by atoms with Gasteiger partial charge in [-0.1, -0.05) is 0 Å². The fourth-order valence-corrected chi connectivity index (χ4v) is 3.37. The standard InChI is InChI=1S/C20H28BrF3N6O3/c1-18(2,3)33-17(32)26-13(7-12-9-25-29(6)10-12)16(31)27-19(4,5)11-30-15(21)8-14(28-30)20(22,23)24/h8-10,13H,7,11H2,1-6H3,(H,26,32)(H,27,31)/t13-/m1/s1. The summed E-state index contributed by atoms with van der Waals surface area (Å²) < 4.78 is 46.9. The highest BCUT2D eigenvalue weighted by Gasteiger charge is 2.36. The number of hydrogen-bond donors (Lipinski definition) is 2. The highest BCUT2D eigenvalue weighted by atomic mass is 79.9. The molecule has 0 aliphatic carbocycles. The molecule has 2 rings (SSSR count). The van der Waals surface area contributed by atoms with Gasteiger partial charge in [0.25, 0.3) is 0 Å². The molecule has 0 aromatic carbocycles. The summed E-state index contributed by atoms with van der Waals surface area (Å²) >= 11 is 3.07. The number of nitrogens with one attached hydrogen (secondary N) is 2. The van der Waals surface area contributed by atoms with Gasteiger partial charge in [-0.05, 0) is 56.1 Å². The number of aromatic nitrogens is 4. The van der Waals surface area contributed by atoms with Crippen LogP contribution in [0.2, 0.25) is 0 Å². The van der Waals surface area contributed by atoms with Crippen LogP contribution in [0.5, 0.6) is 0 Å². The number of alkyl halides is 3. The monoisotopic (exact) mass is 536 g/mol. The van der Waals surface area contributed by atoms with Gasteiger partial charge in [-0.25, -0.2) is 4.79 Å². The van der Waals surface area contributed by atoms with E-state index in [0.717, 1.165) is 10.7 Å². The maximum atomic E-state index is 13.1. The zero-order chi connectivity index (χ0) is 25.2. The summed E-state index contributed by atoms with van der Waals surface area (Å²) in [5.41, 5.74) is -2.10. The second-order valence-corrected chi connectivity index (χ2v) is 10.1. The highest BCUT2D eigenvalue weighted by molar-refractivity contribution is 9.10. The number of carbonyl (C=O) groups excluding carboxylic acids is 2. The molecule has 1 atom stereocenters. The fourth-order valence-electron chi connectivity index (χ4n) is 2.95. The molecule has 2 aromatic rings. The number of nitrogens with zero attached hydrogens (tertiary/aromatic N) is 4. The van der Waals surface area contributed by atoms with Crippen LogP contribution in [0.15, 0.2) is 23.1 Å². The van der Waals surface area contributed by atoms with Crippen LogP contribution in [-0.4, -0.2) is 48.7 Å². The van der Waals surface area contributed by atoms with E-state index in [1.54, 1.807) is 58.7 Å². The van der Waals surface area contributed by atoms with E-state index in [2.05, 4.69) is 36.8 Å². The van der Waals surface area contributed by atoms with Crippen LogP contribution in [0.1, 0.15) is 45.9 Å². The molecule has 0 unspecified atom stereocenters. The Labute approximate surface area is 198 Å². The zero-order valence-corrected chi connectivity index (χ0v) is 20.8. The number of halogens is 4. The Morgan fingerprint density at radius 3 is 2.33 bits per heavy atom. The van der Waals surface area contributed by atoms with Crippen LogP contribution < -0.4 is 10.6 Å². The number of aryl methyl sites for hydroxylation is 1. The van der Waals surface area contributed by atoms with Crippen molar-refractivity contribution in [3.63, 3.8) is 0 Å². The molecule has 184 valence electrons. The third-order valence-corrected chi connectivity index (χ3v) is 4.87. The Morgan fingerprint density at radius 1 is 1.21 bits per heavy atom. The average Bonchev–Trinajstić information content (AvgIpc) is 3.17. The summed E-state index contributed by atoms with van der Waals surface area (Å²) in [6.45, 7) is 8.32. The molecule has 0 spiro atoms. The number of hydrogen-bond acceptors (Lipinski definition) is 5. The molecule has 0 bridgehead atoms. The van der Waals surface area contributed by atoms with E-state index in [1.807, 2.05) is 0 Å². The molecule has 0 saturated heterocycles. The molecule has 13 heteroatoms. The Morgan fingerprint density at radius 2 is 1.85 bits per heavy atom. The first-order valence-electron chi connectivity index (χ1n) is 10.0. The number of alkyl carbamates (subject to hydrolysis) is 1. The Bertz CT molecular complexity index is 994. The predicted molar refractivity (Wildman–Crippen MR) is 117 cm³/mol. The Kier molecular flexibility index (Phi) is 7.87. The Hall–Kier alpha value is -2.57. The molecule has 2 aromatic heterocycles. The first-order valence-corrected chi connectivity index (χ1v) is 10.8. The largest absolute Gasteiger partial charge is 0.444 e.